The summed E-state index contributed by atoms with van der Waals surface area (Å²) in [7, 11) is 1.93. The number of benzene rings is 1. The maximum Gasteiger partial charge on any atom is 0.270 e. The van der Waals surface area contributed by atoms with Crippen LogP contribution in [0.2, 0.25) is 5.02 Å². The number of hydrogen-bond donors (Lipinski definition) is 2. The van der Waals surface area contributed by atoms with Gasteiger partial charge in [0.05, 0.1) is 0 Å². The summed E-state index contributed by atoms with van der Waals surface area (Å²) in [4.78, 5) is 42.9. The number of hydrogen-bond acceptors (Lipinski definition) is 6. The zero-order valence-electron chi connectivity index (χ0n) is 28.6. The first-order valence-electron chi connectivity index (χ1n) is 16.5. The average molecular weight is 650 g/mol. The highest BCUT2D eigenvalue weighted by atomic mass is 35.5. The fraction of sp³-hybridized carbons (Fsp3) is 0.657. The van der Waals surface area contributed by atoms with Crippen LogP contribution in [0.15, 0.2) is 34.5 Å². The summed E-state index contributed by atoms with van der Waals surface area (Å²) < 4.78 is 14.3. The van der Waals surface area contributed by atoms with Gasteiger partial charge < -0.3 is 25.6 Å². The lowest BCUT2D eigenvalue weighted by molar-refractivity contribution is -0.130. The number of aryl methyl sites for hydroxylation is 1. The number of aldehydes is 1. The summed E-state index contributed by atoms with van der Waals surface area (Å²) in [5, 5.41) is 4.10. The Bertz CT molecular complexity index is 1110. The lowest BCUT2D eigenvalue weighted by atomic mass is 9.89. The SMILES string of the molecule is CC=O.CCCN(CCC(C)CC)C(=O)CN=C1CCC(F)C/C1=C(/N)C(=O)N1CCC(NC)CC1.Cc1cccc(Cl)c1C. The van der Waals surface area contributed by atoms with Crippen molar-refractivity contribution in [2.75, 3.05) is 39.8 Å². The molecular formula is C35H57ClFN5O3. The first kappa shape index (κ1) is 40.2. The number of nitrogens with zero attached hydrogens (tertiary/aromatic N) is 3. The topological polar surface area (TPSA) is 108 Å². The summed E-state index contributed by atoms with van der Waals surface area (Å²) in [6.45, 7) is 14.7. The second-order valence-electron chi connectivity index (χ2n) is 12.0. The zero-order chi connectivity index (χ0) is 33.9. The summed E-state index contributed by atoms with van der Waals surface area (Å²) in [6, 6.07) is 6.33. The smallest absolute Gasteiger partial charge is 0.270 e. The van der Waals surface area contributed by atoms with Crippen molar-refractivity contribution in [3.8, 4) is 0 Å². The van der Waals surface area contributed by atoms with Gasteiger partial charge in [-0.2, -0.15) is 0 Å². The van der Waals surface area contributed by atoms with E-state index in [0.29, 0.717) is 55.7 Å². The molecule has 1 aromatic rings. The number of nitrogens with one attached hydrogen (secondary N) is 1. The Labute approximate surface area is 276 Å². The van der Waals surface area contributed by atoms with E-state index in [0.717, 1.165) is 50.0 Å². The molecule has 0 aromatic heterocycles. The summed E-state index contributed by atoms with van der Waals surface area (Å²) >= 11 is 5.81. The molecule has 2 atom stereocenters. The number of allylic oxidation sites excluding steroid dienone is 1. The van der Waals surface area contributed by atoms with Crippen LogP contribution in [0, 0.1) is 19.8 Å². The number of likely N-dealkylation sites (tertiary alicyclic amines) is 1. The molecule has 2 amide bonds. The molecule has 10 heteroatoms. The van der Waals surface area contributed by atoms with Gasteiger partial charge in [0, 0.05) is 54.9 Å². The average Bonchev–Trinajstić information content (AvgIpc) is 3.04. The van der Waals surface area contributed by atoms with Crippen molar-refractivity contribution in [1.82, 2.24) is 15.1 Å². The fourth-order valence-electron chi connectivity index (χ4n) is 5.19. The minimum atomic E-state index is -1.04. The highest BCUT2D eigenvalue weighted by molar-refractivity contribution is 6.31. The Morgan fingerprint density at radius 2 is 1.84 bits per heavy atom. The van der Waals surface area contributed by atoms with Crippen LogP contribution < -0.4 is 11.1 Å². The number of piperidine rings is 1. The lowest BCUT2D eigenvalue weighted by Gasteiger charge is -2.32. The van der Waals surface area contributed by atoms with Gasteiger partial charge >= 0.3 is 0 Å². The van der Waals surface area contributed by atoms with E-state index < -0.39 is 6.17 Å². The molecule has 1 heterocycles. The van der Waals surface area contributed by atoms with Crippen molar-refractivity contribution in [1.29, 1.82) is 0 Å². The van der Waals surface area contributed by atoms with Gasteiger partial charge in [0.1, 0.15) is 24.7 Å². The molecule has 2 fully saturated rings. The van der Waals surface area contributed by atoms with Crippen molar-refractivity contribution in [3.05, 3.63) is 45.6 Å². The van der Waals surface area contributed by atoms with Gasteiger partial charge in [-0.05, 0) is 89.5 Å². The first-order valence-corrected chi connectivity index (χ1v) is 16.8. The van der Waals surface area contributed by atoms with Gasteiger partial charge in [-0.25, -0.2) is 4.39 Å². The molecular weight excluding hydrogens is 593 g/mol. The highest BCUT2D eigenvalue weighted by Gasteiger charge is 2.30. The molecule has 3 N–H and O–H groups in total. The van der Waals surface area contributed by atoms with Crippen molar-refractivity contribution in [2.24, 2.45) is 16.6 Å². The van der Waals surface area contributed by atoms with Crippen LogP contribution in [0.4, 0.5) is 4.39 Å². The van der Waals surface area contributed by atoms with E-state index in [1.807, 2.05) is 31.0 Å². The molecule has 1 saturated carbocycles. The summed E-state index contributed by atoms with van der Waals surface area (Å²) in [5.74, 6) is 0.309. The predicted molar refractivity (Wildman–Crippen MR) is 185 cm³/mol. The summed E-state index contributed by atoms with van der Waals surface area (Å²) in [6.07, 6.45) is 5.24. The van der Waals surface area contributed by atoms with Crippen LogP contribution in [0.5, 0.6) is 0 Å². The van der Waals surface area contributed by atoms with Crippen LogP contribution in [-0.4, -0.2) is 85.6 Å². The maximum atomic E-state index is 14.3. The Hall–Kier alpha value is -2.78. The Morgan fingerprint density at radius 1 is 1.20 bits per heavy atom. The van der Waals surface area contributed by atoms with Crippen LogP contribution in [0.1, 0.15) is 90.2 Å². The number of carbonyl (C=O) groups is 3. The Kier molecular flexibility index (Phi) is 19.6. The van der Waals surface area contributed by atoms with Gasteiger partial charge in [-0.3, -0.25) is 14.6 Å². The number of aliphatic imine (C=N–C) groups is 1. The third-order valence-electron chi connectivity index (χ3n) is 8.59. The van der Waals surface area contributed by atoms with Crippen LogP contribution in [-0.2, 0) is 14.4 Å². The molecule has 45 heavy (non-hydrogen) atoms. The van der Waals surface area contributed by atoms with E-state index in [1.165, 1.54) is 18.1 Å². The minimum absolute atomic E-state index is 0.0192. The Morgan fingerprint density at radius 3 is 2.38 bits per heavy atom. The van der Waals surface area contributed by atoms with Gasteiger partial charge in [0.15, 0.2) is 0 Å². The van der Waals surface area contributed by atoms with E-state index in [9.17, 15) is 14.0 Å². The number of amides is 2. The van der Waals surface area contributed by atoms with Crippen molar-refractivity contribution in [2.45, 2.75) is 105 Å². The maximum absolute atomic E-state index is 14.3. The molecule has 2 aliphatic rings. The van der Waals surface area contributed by atoms with Crippen LogP contribution in [0.3, 0.4) is 0 Å². The molecule has 2 unspecified atom stereocenters. The van der Waals surface area contributed by atoms with Gasteiger partial charge in [0.25, 0.3) is 5.91 Å². The van der Waals surface area contributed by atoms with E-state index in [-0.39, 0.29) is 30.5 Å². The van der Waals surface area contributed by atoms with Crippen molar-refractivity contribution in [3.63, 3.8) is 0 Å². The van der Waals surface area contributed by atoms with Crippen LogP contribution >= 0.6 is 11.6 Å². The van der Waals surface area contributed by atoms with Gasteiger partial charge in [-0.1, -0.05) is 50.9 Å². The fourth-order valence-corrected chi connectivity index (χ4v) is 5.41. The quantitative estimate of drug-likeness (QED) is 0.232. The Balaban J connectivity index is 0.000000704. The number of rotatable bonds is 10. The second kappa shape index (κ2) is 21.9. The normalized spacial score (nSPS) is 19.4. The molecule has 0 radical (unpaired) electrons. The summed E-state index contributed by atoms with van der Waals surface area (Å²) in [5.41, 5.74) is 9.91. The van der Waals surface area contributed by atoms with E-state index >= 15 is 0 Å². The molecule has 3 rings (SSSR count). The zero-order valence-corrected chi connectivity index (χ0v) is 29.4. The largest absolute Gasteiger partial charge is 0.394 e. The number of halogens is 2. The molecule has 254 valence electrons. The predicted octanol–water partition coefficient (Wildman–Crippen LogP) is 6.21. The molecule has 1 aromatic carbocycles. The van der Waals surface area contributed by atoms with Crippen LogP contribution in [0.25, 0.3) is 0 Å². The monoisotopic (exact) mass is 649 g/mol. The van der Waals surface area contributed by atoms with Gasteiger partial charge in [0.2, 0.25) is 5.91 Å². The van der Waals surface area contributed by atoms with E-state index in [1.54, 1.807) is 4.90 Å². The first-order chi connectivity index (χ1) is 21.4. The van der Waals surface area contributed by atoms with E-state index in [4.69, 9.17) is 22.1 Å². The van der Waals surface area contributed by atoms with E-state index in [2.05, 4.69) is 44.1 Å². The second-order valence-corrected chi connectivity index (χ2v) is 12.4. The third kappa shape index (κ3) is 14.0. The molecule has 1 saturated heterocycles. The van der Waals surface area contributed by atoms with Crippen molar-refractivity contribution >= 4 is 35.4 Å². The van der Waals surface area contributed by atoms with Gasteiger partial charge in [-0.15, -0.1) is 0 Å². The third-order valence-corrected chi connectivity index (χ3v) is 9.00. The number of alkyl halides is 1. The molecule has 8 nitrogen and oxygen atoms in total. The van der Waals surface area contributed by atoms with Crippen molar-refractivity contribution < 1.29 is 18.8 Å². The number of carbonyl (C=O) groups excluding carboxylic acids is 3. The molecule has 1 aliphatic carbocycles. The minimum Gasteiger partial charge on any atom is -0.394 e. The number of nitrogens with two attached hydrogens (primary N) is 1. The molecule has 0 spiro atoms. The highest BCUT2D eigenvalue weighted by Crippen LogP contribution is 2.27. The lowest BCUT2D eigenvalue weighted by Crippen LogP contribution is -2.46. The molecule has 1 aliphatic heterocycles. The standard InChI is InChI=1S/C25H44FN5O2.C8H9Cl.C2H4O/c1-5-12-30(13-9-18(3)6-2)23(32)17-29-22-8-7-19(26)16-21(22)24(27)25(33)31-14-10-20(28-4)11-15-31;1-6-4-3-5-8(9)7(6)2;1-2-3/h18-20,28H,5-17,27H2,1-4H3;3-5H,1-2H3;2H,1H3/b24-21-,29-22?;;. The molecule has 0 bridgehead atoms.